The van der Waals surface area contributed by atoms with Crippen LogP contribution >= 0.6 is 0 Å². The number of aromatic amines is 1. The Morgan fingerprint density at radius 3 is 2.67 bits per heavy atom. The second-order valence-corrected chi connectivity index (χ2v) is 2.58. The van der Waals surface area contributed by atoms with Crippen molar-refractivity contribution in [1.82, 2.24) is 10.2 Å². The molecule has 0 saturated carbocycles. The molecule has 0 radical (unpaired) electrons. The molecule has 5 nitrogen and oxygen atoms in total. The van der Waals surface area contributed by atoms with Gasteiger partial charge < -0.3 is 10.5 Å². The zero-order valence-corrected chi connectivity index (χ0v) is 7.68. The Kier molecular flexibility index (Phi) is 2.87. The van der Waals surface area contributed by atoms with Crippen LogP contribution in [0.4, 0.5) is 19.0 Å². The summed E-state index contributed by atoms with van der Waals surface area (Å²) < 4.78 is 41.4. The van der Waals surface area contributed by atoms with Crippen molar-refractivity contribution < 1.29 is 22.7 Å². The smallest absolute Gasteiger partial charge is 0.433 e. The second-order valence-electron chi connectivity index (χ2n) is 2.58. The summed E-state index contributed by atoms with van der Waals surface area (Å²) in [5, 5.41) is 4.77. The average molecular weight is 223 g/mol. The Labute approximate surface area is 82.4 Å². The second kappa shape index (κ2) is 3.79. The van der Waals surface area contributed by atoms with Gasteiger partial charge in [-0.3, -0.25) is 5.10 Å². The van der Waals surface area contributed by atoms with Gasteiger partial charge in [-0.1, -0.05) is 0 Å². The molecule has 3 N–H and O–H groups in total. The SMILES string of the molecule is CCOC(=O)c1c(N)n[nH]c1C(F)(F)F. The number of esters is 1. The first kappa shape index (κ1) is 11.3. The van der Waals surface area contributed by atoms with Gasteiger partial charge in [0, 0.05) is 0 Å². The van der Waals surface area contributed by atoms with E-state index in [9.17, 15) is 18.0 Å². The standard InChI is InChI=1S/C7H8F3N3O2/c1-2-15-6(14)3-4(7(8,9)10)12-13-5(3)11/h2H2,1H3,(H3,11,12,13). The summed E-state index contributed by atoms with van der Waals surface area (Å²) in [6, 6.07) is 0. The van der Waals surface area contributed by atoms with Crippen molar-refractivity contribution in [2.24, 2.45) is 0 Å². The zero-order valence-electron chi connectivity index (χ0n) is 7.68. The number of nitrogens with zero attached hydrogens (tertiary/aromatic N) is 1. The molecule has 0 aliphatic rings. The molecule has 0 unspecified atom stereocenters. The highest BCUT2D eigenvalue weighted by atomic mass is 19.4. The Balaban J connectivity index is 3.16. The summed E-state index contributed by atoms with van der Waals surface area (Å²) in [6.45, 7) is 1.43. The Hall–Kier alpha value is -1.73. The van der Waals surface area contributed by atoms with Gasteiger partial charge >= 0.3 is 12.1 Å². The highest BCUT2D eigenvalue weighted by Gasteiger charge is 2.39. The van der Waals surface area contributed by atoms with Gasteiger partial charge in [-0.2, -0.15) is 18.3 Å². The first-order chi connectivity index (χ1) is 6.88. The van der Waals surface area contributed by atoms with Crippen molar-refractivity contribution in [3.63, 3.8) is 0 Å². The van der Waals surface area contributed by atoms with Crippen LogP contribution in [0.2, 0.25) is 0 Å². The van der Waals surface area contributed by atoms with Crippen LogP contribution in [0, 0.1) is 0 Å². The van der Waals surface area contributed by atoms with E-state index in [0.29, 0.717) is 0 Å². The Morgan fingerprint density at radius 2 is 2.20 bits per heavy atom. The van der Waals surface area contributed by atoms with Gasteiger partial charge in [0.2, 0.25) is 0 Å². The number of hydrogen-bond acceptors (Lipinski definition) is 4. The van der Waals surface area contributed by atoms with E-state index in [0.717, 1.165) is 0 Å². The molecular weight excluding hydrogens is 215 g/mol. The highest BCUT2D eigenvalue weighted by molar-refractivity contribution is 5.95. The van der Waals surface area contributed by atoms with Crippen LogP contribution in [-0.4, -0.2) is 22.8 Å². The number of alkyl halides is 3. The monoisotopic (exact) mass is 223 g/mol. The maximum atomic E-state index is 12.3. The maximum absolute atomic E-state index is 12.3. The third kappa shape index (κ3) is 2.20. The topological polar surface area (TPSA) is 81.0 Å². The molecule has 0 aliphatic carbocycles. The van der Waals surface area contributed by atoms with E-state index >= 15 is 0 Å². The minimum absolute atomic E-state index is 0.0409. The normalized spacial score (nSPS) is 11.5. The number of ether oxygens (including phenoxy) is 1. The molecule has 0 bridgehead atoms. The number of nitrogens with two attached hydrogens (primary N) is 1. The lowest BCUT2D eigenvalue weighted by Crippen LogP contribution is -2.15. The molecule has 8 heteroatoms. The number of hydrogen-bond donors (Lipinski definition) is 2. The predicted molar refractivity (Wildman–Crippen MR) is 44.0 cm³/mol. The molecule has 1 rings (SSSR count). The molecule has 0 amide bonds. The van der Waals surface area contributed by atoms with Crippen molar-refractivity contribution in [3.8, 4) is 0 Å². The van der Waals surface area contributed by atoms with Crippen LogP contribution in [0.25, 0.3) is 0 Å². The number of halogens is 3. The quantitative estimate of drug-likeness (QED) is 0.738. The lowest BCUT2D eigenvalue weighted by atomic mass is 10.2. The first-order valence-electron chi connectivity index (χ1n) is 3.96. The van der Waals surface area contributed by atoms with E-state index in [1.54, 1.807) is 5.10 Å². The Morgan fingerprint density at radius 1 is 1.60 bits per heavy atom. The minimum Gasteiger partial charge on any atom is -0.462 e. The van der Waals surface area contributed by atoms with E-state index in [2.05, 4.69) is 9.84 Å². The van der Waals surface area contributed by atoms with Gasteiger partial charge in [0.05, 0.1) is 6.61 Å². The molecule has 0 spiro atoms. The summed E-state index contributed by atoms with van der Waals surface area (Å²) in [4.78, 5) is 11.1. The predicted octanol–water partition coefficient (Wildman–Crippen LogP) is 1.19. The van der Waals surface area contributed by atoms with E-state index in [1.165, 1.54) is 6.92 Å². The van der Waals surface area contributed by atoms with Gasteiger partial charge in [-0.15, -0.1) is 0 Å². The molecule has 1 heterocycles. The first-order valence-corrected chi connectivity index (χ1v) is 3.96. The molecule has 15 heavy (non-hydrogen) atoms. The number of nitrogen functional groups attached to an aromatic ring is 1. The van der Waals surface area contributed by atoms with Crippen molar-refractivity contribution in [2.45, 2.75) is 13.1 Å². The molecule has 84 valence electrons. The van der Waals surface area contributed by atoms with E-state index in [4.69, 9.17) is 5.73 Å². The van der Waals surface area contributed by atoms with Crippen molar-refractivity contribution in [3.05, 3.63) is 11.3 Å². The molecule has 0 aromatic carbocycles. The summed E-state index contributed by atoms with van der Waals surface area (Å²) in [6.07, 6.45) is -4.72. The van der Waals surface area contributed by atoms with Gasteiger partial charge in [-0.25, -0.2) is 4.79 Å². The van der Waals surface area contributed by atoms with Crippen molar-refractivity contribution >= 4 is 11.8 Å². The minimum atomic E-state index is -4.72. The van der Waals surface area contributed by atoms with Gasteiger partial charge in [-0.05, 0) is 6.92 Å². The molecule has 0 saturated heterocycles. The zero-order chi connectivity index (χ0) is 11.6. The van der Waals surface area contributed by atoms with E-state index in [1.807, 2.05) is 0 Å². The van der Waals surface area contributed by atoms with Crippen LogP contribution < -0.4 is 5.73 Å². The van der Waals surface area contributed by atoms with Gasteiger partial charge in [0.25, 0.3) is 0 Å². The van der Waals surface area contributed by atoms with E-state index in [-0.39, 0.29) is 6.61 Å². The molecule has 0 aliphatic heterocycles. The van der Waals surface area contributed by atoms with Gasteiger partial charge in [0.1, 0.15) is 5.56 Å². The fourth-order valence-electron chi connectivity index (χ4n) is 0.971. The van der Waals surface area contributed by atoms with E-state index < -0.39 is 29.2 Å². The lowest BCUT2D eigenvalue weighted by Gasteiger charge is -2.06. The highest BCUT2D eigenvalue weighted by Crippen LogP contribution is 2.32. The molecule has 0 fully saturated rings. The maximum Gasteiger partial charge on any atom is 0.433 e. The van der Waals surface area contributed by atoms with Crippen molar-refractivity contribution in [1.29, 1.82) is 0 Å². The fourth-order valence-corrected chi connectivity index (χ4v) is 0.971. The number of anilines is 1. The molecule has 1 aromatic heterocycles. The van der Waals surface area contributed by atoms with Crippen molar-refractivity contribution in [2.75, 3.05) is 12.3 Å². The van der Waals surface area contributed by atoms with Crippen LogP contribution in [0.5, 0.6) is 0 Å². The largest absolute Gasteiger partial charge is 0.462 e. The van der Waals surface area contributed by atoms with Crippen LogP contribution in [0.15, 0.2) is 0 Å². The van der Waals surface area contributed by atoms with Crippen LogP contribution in [-0.2, 0) is 10.9 Å². The summed E-state index contributed by atoms with van der Waals surface area (Å²) in [5.74, 6) is -1.67. The lowest BCUT2D eigenvalue weighted by molar-refractivity contribution is -0.141. The number of nitrogens with one attached hydrogen (secondary N) is 1. The molecule has 1 aromatic rings. The average Bonchev–Trinajstić information content (AvgIpc) is 2.46. The number of H-pyrrole nitrogens is 1. The van der Waals surface area contributed by atoms with Crippen LogP contribution in [0.1, 0.15) is 23.0 Å². The number of carbonyl (C=O) groups excluding carboxylic acids is 1. The third-order valence-electron chi connectivity index (χ3n) is 1.56. The Bertz CT molecular complexity index is 372. The number of aromatic nitrogens is 2. The summed E-state index contributed by atoms with van der Waals surface area (Å²) in [5.41, 5.74) is 3.06. The molecule has 0 atom stereocenters. The third-order valence-corrected chi connectivity index (χ3v) is 1.56. The van der Waals surface area contributed by atoms with Crippen LogP contribution in [0.3, 0.4) is 0 Å². The summed E-state index contributed by atoms with van der Waals surface area (Å²) >= 11 is 0. The number of rotatable bonds is 2. The number of carbonyl (C=O) groups is 1. The fraction of sp³-hybridized carbons (Fsp3) is 0.429. The summed E-state index contributed by atoms with van der Waals surface area (Å²) in [7, 11) is 0. The van der Waals surface area contributed by atoms with Gasteiger partial charge in [0.15, 0.2) is 11.5 Å². The molecular formula is C7H8F3N3O2.